The van der Waals surface area contributed by atoms with Crippen LogP contribution < -0.4 is 9.47 Å². The van der Waals surface area contributed by atoms with Crippen molar-refractivity contribution in [2.24, 2.45) is 0 Å². The van der Waals surface area contributed by atoms with E-state index in [1.807, 2.05) is 0 Å². The Hall–Kier alpha value is -2.14. The summed E-state index contributed by atoms with van der Waals surface area (Å²) in [7, 11) is 1.46. The largest absolute Gasteiger partial charge is 0.493 e. The minimum atomic E-state index is -0.937. The van der Waals surface area contributed by atoms with Gasteiger partial charge in [0.2, 0.25) is 0 Å². The van der Waals surface area contributed by atoms with Gasteiger partial charge in [0.05, 0.1) is 13.7 Å². The van der Waals surface area contributed by atoms with Crippen molar-refractivity contribution in [2.45, 2.75) is 13.2 Å². The fourth-order valence-corrected chi connectivity index (χ4v) is 1.82. The van der Waals surface area contributed by atoms with E-state index < -0.39 is 11.6 Å². The molecule has 106 valence electrons. The maximum absolute atomic E-state index is 13.5. The van der Waals surface area contributed by atoms with E-state index in [0.29, 0.717) is 17.1 Å². The topological polar surface area (TPSA) is 38.7 Å². The summed E-state index contributed by atoms with van der Waals surface area (Å²) < 4.78 is 37.2. The van der Waals surface area contributed by atoms with Crippen molar-refractivity contribution in [3.05, 3.63) is 59.2 Å². The van der Waals surface area contributed by atoms with E-state index in [0.717, 1.165) is 6.07 Å². The summed E-state index contributed by atoms with van der Waals surface area (Å²) in [6, 6.07) is 8.93. The third-order valence-corrected chi connectivity index (χ3v) is 2.85. The smallest absolute Gasteiger partial charge is 0.167 e. The molecule has 1 N–H and O–H groups in total. The van der Waals surface area contributed by atoms with Crippen molar-refractivity contribution < 1.29 is 23.4 Å². The molecule has 0 aliphatic carbocycles. The first-order valence-corrected chi connectivity index (χ1v) is 5.99. The van der Waals surface area contributed by atoms with Crippen LogP contribution in [0.25, 0.3) is 0 Å². The lowest BCUT2D eigenvalue weighted by atomic mass is 10.2. The minimum Gasteiger partial charge on any atom is -0.493 e. The highest BCUT2D eigenvalue weighted by molar-refractivity contribution is 5.46. The predicted octanol–water partition coefficient (Wildman–Crippen LogP) is 3.04. The fourth-order valence-electron chi connectivity index (χ4n) is 1.82. The van der Waals surface area contributed by atoms with Crippen molar-refractivity contribution in [2.75, 3.05) is 7.11 Å². The number of benzene rings is 2. The molecule has 0 saturated carbocycles. The van der Waals surface area contributed by atoms with Crippen molar-refractivity contribution in [3.8, 4) is 11.5 Å². The summed E-state index contributed by atoms with van der Waals surface area (Å²) in [4.78, 5) is 0. The van der Waals surface area contributed by atoms with Gasteiger partial charge in [0.15, 0.2) is 23.1 Å². The second kappa shape index (κ2) is 6.34. The van der Waals surface area contributed by atoms with E-state index in [9.17, 15) is 13.9 Å². The number of aliphatic hydroxyl groups is 1. The highest BCUT2D eigenvalue weighted by Gasteiger charge is 2.13. The minimum absolute atomic E-state index is 0.0970. The van der Waals surface area contributed by atoms with Gasteiger partial charge in [0.25, 0.3) is 0 Å². The first kappa shape index (κ1) is 14.3. The van der Waals surface area contributed by atoms with Gasteiger partial charge in [0.1, 0.15) is 6.61 Å². The SMILES string of the molecule is COc1cccc(CO)c1OCc1cccc(F)c1F. The van der Waals surface area contributed by atoms with Crippen LogP contribution in [-0.4, -0.2) is 12.2 Å². The maximum Gasteiger partial charge on any atom is 0.167 e. The molecule has 0 aliphatic rings. The average Bonchev–Trinajstić information content (AvgIpc) is 2.48. The Morgan fingerprint density at radius 3 is 2.45 bits per heavy atom. The Morgan fingerprint density at radius 1 is 1.05 bits per heavy atom. The molecule has 5 heteroatoms. The summed E-state index contributed by atoms with van der Waals surface area (Å²) in [5.41, 5.74) is 0.612. The molecule has 0 amide bonds. The molecule has 2 rings (SSSR count). The molecular formula is C15H14F2O3. The standard InChI is InChI=1S/C15H14F2O3/c1-19-13-7-3-4-10(8-18)15(13)20-9-11-5-2-6-12(16)14(11)17/h2-7,18H,8-9H2,1H3. The monoisotopic (exact) mass is 280 g/mol. The first-order chi connectivity index (χ1) is 9.67. The van der Waals surface area contributed by atoms with Crippen LogP contribution in [0.4, 0.5) is 8.78 Å². The lowest BCUT2D eigenvalue weighted by molar-refractivity contribution is 0.247. The van der Waals surface area contributed by atoms with Crippen LogP contribution in [0, 0.1) is 11.6 Å². The molecule has 0 aromatic heterocycles. The number of hydrogen-bond donors (Lipinski definition) is 1. The van der Waals surface area contributed by atoms with Crippen LogP contribution in [0.1, 0.15) is 11.1 Å². The van der Waals surface area contributed by atoms with Crippen LogP contribution in [0.3, 0.4) is 0 Å². The normalized spacial score (nSPS) is 10.4. The summed E-state index contributed by atoms with van der Waals surface area (Å²) in [5, 5.41) is 9.26. The molecule has 20 heavy (non-hydrogen) atoms. The summed E-state index contributed by atoms with van der Waals surface area (Å²) in [6.45, 7) is -0.394. The van der Waals surface area contributed by atoms with Gasteiger partial charge in [0, 0.05) is 11.1 Å². The Labute approximate surface area is 115 Å². The zero-order valence-corrected chi connectivity index (χ0v) is 10.9. The van der Waals surface area contributed by atoms with Crippen molar-refractivity contribution in [1.29, 1.82) is 0 Å². The molecule has 2 aromatic carbocycles. The Bertz CT molecular complexity index is 577. The number of halogens is 2. The number of aliphatic hydroxyl groups excluding tert-OH is 1. The van der Waals surface area contributed by atoms with Gasteiger partial charge in [-0.3, -0.25) is 0 Å². The molecule has 0 radical (unpaired) electrons. The predicted molar refractivity (Wildman–Crippen MR) is 69.6 cm³/mol. The van der Waals surface area contributed by atoms with Gasteiger partial charge >= 0.3 is 0 Å². The number of ether oxygens (including phenoxy) is 2. The Morgan fingerprint density at radius 2 is 1.75 bits per heavy atom. The molecular weight excluding hydrogens is 266 g/mol. The molecule has 0 bridgehead atoms. The highest BCUT2D eigenvalue weighted by Crippen LogP contribution is 2.32. The molecule has 0 atom stereocenters. The molecule has 0 saturated heterocycles. The number of rotatable bonds is 5. The lowest BCUT2D eigenvalue weighted by Gasteiger charge is -2.14. The quantitative estimate of drug-likeness (QED) is 0.915. The number of para-hydroxylation sites is 1. The van der Waals surface area contributed by atoms with Gasteiger partial charge in [-0.1, -0.05) is 24.3 Å². The van der Waals surface area contributed by atoms with Gasteiger partial charge in [-0.2, -0.15) is 0 Å². The average molecular weight is 280 g/mol. The second-order valence-electron chi connectivity index (χ2n) is 4.11. The van der Waals surface area contributed by atoms with E-state index in [2.05, 4.69) is 0 Å². The first-order valence-electron chi connectivity index (χ1n) is 5.99. The Balaban J connectivity index is 2.24. The van der Waals surface area contributed by atoms with Crippen LogP contribution in [0.5, 0.6) is 11.5 Å². The van der Waals surface area contributed by atoms with Gasteiger partial charge in [-0.15, -0.1) is 0 Å². The maximum atomic E-state index is 13.5. The molecule has 0 unspecified atom stereocenters. The van der Waals surface area contributed by atoms with E-state index in [-0.39, 0.29) is 18.8 Å². The molecule has 0 aliphatic heterocycles. The second-order valence-corrected chi connectivity index (χ2v) is 4.11. The van der Waals surface area contributed by atoms with Gasteiger partial charge in [-0.25, -0.2) is 8.78 Å². The summed E-state index contributed by atoms with van der Waals surface area (Å²) in [5.74, 6) is -1.11. The summed E-state index contributed by atoms with van der Waals surface area (Å²) >= 11 is 0. The lowest BCUT2D eigenvalue weighted by Crippen LogP contribution is -2.03. The molecule has 0 heterocycles. The molecule has 0 spiro atoms. The number of methoxy groups -OCH3 is 1. The van der Waals surface area contributed by atoms with E-state index in [1.54, 1.807) is 18.2 Å². The van der Waals surface area contributed by atoms with E-state index in [4.69, 9.17) is 9.47 Å². The highest BCUT2D eigenvalue weighted by atomic mass is 19.2. The molecule has 2 aromatic rings. The number of hydrogen-bond acceptors (Lipinski definition) is 3. The fraction of sp³-hybridized carbons (Fsp3) is 0.200. The molecule has 3 nitrogen and oxygen atoms in total. The van der Waals surface area contributed by atoms with Crippen LogP contribution >= 0.6 is 0 Å². The zero-order valence-electron chi connectivity index (χ0n) is 10.9. The van der Waals surface area contributed by atoms with E-state index in [1.165, 1.54) is 19.2 Å². The van der Waals surface area contributed by atoms with Gasteiger partial charge in [-0.05, 0) is 12.1 Å². The van der Waals surface area contributed by atoms with Gasteiger partial charge < -0.3 is 14.6 Å². The van der Waals surface area contributed by atoms with Crippen LogP contribution in [0.2, 0.25) is 0 Å². The Kier molecular flexibility index (Phi) is 4.53. The van der Waals surface area contributed by atoms with Crippen LogP contribution in [-0.2, 0) is 13.2 Å². The van der Waals surface area contributed by atoms with Crippen molar-refractivity contribution in [1.82, 2.24) is 0 Å². The molecule has 0 fully saturated rings. The zero-order chi connectivity index (χ0) is 14.5. The van der Waals surface area contributed by atoms with Crippen molar-refractivity contribution >= 4 is 0 Å². The third-order valence-electron chi connectivity index (χ3n) is 2.85. The third kappa shape index (κ3) is 2.88. The van der Waals surface area contributed by atoms with Crippen molar-refractivity contribution in [3.63, 3.8) is 0 Å². The summed E-state index contributed by atoms with van der Waals surface area (Å²) in [6.07, 6.45) is 0. The van der Waals surface area contributed by atoms with E-state index >= 15 is 0 Å². The van der Waals surface area contributed by atoms with Crippen LogP contribution in [0.15, 0.2) is 36.4 Å².